The van der Waals surface area contributed by atoms with Crippen LogP contribution in [0.1, 0.15) is 6.92 Å². The summed E-state index contributed by atoms with van der Waals surface area (Å²) in [6, 6.07) is 0. The third-order valence-corrected chi connectivity index (χ3v) is 0.567. The van der Waals surface area contributed by atoms with Crippen molar-refractivity contribution in [1.29, 1.82) is 0 Å². The van der Waals surface area contributed by atoms with E-state index in [2.05, 4.69) is 9.99 Å². The molecule has 1 rings (SSSR count). The molecule has 1 heterocycles. The molecule has 0 atom stereocenters. The second-order valence-electron chi connectivity index (χ2n) is 1.12. The van der Waals surface area contributed by atoms with Crippen molar-refractivity contribution in [3.05, 3.63) is 11.8 Å². The first-order valence-corrected chi connectivity index (χ1v) is 1.77. The van der Waals surface area contributed by atoms with Gasteiger partial charge in [0.05, 0.1) is 6.08 Å². The Kier molecular flexibility index (Phi) is 0.638. The van der Waals surface area contributed by atoms with Crippen LogP contribution in [-0.4, -0.2) is 6.21 Å². The van der Waals surface area contributed by atoms with E-state index >= 15 is 0 Å². The van der Waals surface area contributed by atoms with Gasteiger partial charge in [-0.15, -0.1) is 0 Å². The van der Waals surface area contributed by atoms with Gasteiger partial charge in [-0.1, -0.05) is 0 Å². The highest BCUT2D eigenvalue weighted by atomic mass is 16.6. The zero-order valence-electron chi connectivity index (χ0n) is 3.51. The van der Waals surface area contributed by atoms with Gasteiger partial charge in [0, 0.05) is 6.92 Å². The molecule has 0 bridgehead atoms. The Morgan fingerprint density at radius 1 is 1.83 bits per heavy atom. The normalized spacial score (nSPS) is 17.2. The maximum absolute atomic E-state index is 4.58. The summed E-state index contributed by atoms with van der Waals surface area (Å²) in [5.74, 6) is 0.856. The minimum absolute atomic E-state index is 0.856. The lowest BCUT2D eigenvalue weighted by Crippen LogP contribution is -1.79. The highest BCUT2D eigenvalue weighted by Crippen LogP contribution is 1.91. The molecule has 0 aromatic carbocycles. The fraction of sp³-hybridized carbons (Fsp3) is 0.250. The molecule has 0 aliphatic carbocycles. The van der Waals surface area contributed by atoms with Crippen molar-refractivity contribution in [3.8, 4) is 0 Å². The highest BCUT2D eigenvalue weighted by Gasteiger charge is 2.02. The van der Waals surface area contributed by atoms with Gasteiger partial charge in [0.25, 0.3) is 5.16 Å². The van der Waals surface area contributed by atoms with Crippen LogP contribution in [0, 0.1) is 0 Å². The van der Waals surface area contributed by atoms with Crippen molar-refractivity contribution < 1.29 is 4.84 Å². The smallest absolute Gasteiger partial charge is 0.176 e. The Hall–Kier alpha value is -0.790. The lowest BCUT2D eigenvalue weighted by Gasteiger charge is -1.68. The van der Waals surface area contributed by atoms with Gasteiger partial charge in [0.1, 0.15) is 0 Å². The molecule has 1 radical (unpaired) electrons. The quantitative estimate of drug-likeness (QED) is 0.411. The van der Waals surface area contributed by atoms with Crippen LogP contribution < -0.4 is 5.16 Å². The molecule has 0 amide bonds. The van der Waals surface area contributed by atoms with Crippen molar-refractivity contribution in [2.75, 3.05) is 0 Å². The van der Waals surface area contributed by atoms with Gasteiger partial charge in [0.15, 0.2) is 5.76 Å². The van der Waals surface area contributed by atoms with E-state index in [1.807, 2.05) is 6.92 Å². The van der Waals surface area contributed by atoms with Gasteiger partial charge < -0.3 is 0 Å². The van der Waals surface area contributed by atoms with E-state index in [0.29, 0.717) is 0 Å². The molecule has 0 aromatic heterocycles. The molecule has 0 N–H and O–H groups in total. The van der Waals surface area contributed by atoms with Crippen molar-refractivity contribution in [2.24, 2.45) is 0 Å². The Morgan fingerprint density at radius 3 is 2.83 bits per heavy atom. The summed E-state index contributed by atoms with van der Waals surface area (Å²) in [5, 5.41) is 3.45. The molecule has 0 fully saturated rings. The lowest BCUT2D eigenvalue weighted by atomic mass is 10.5. The van der Waals surface area contributed by atoms with Crippen molar-refractivity contribution in [1.82, 2.24) is 5.16 Å². The summed E-state index contributed by atoms with van der Waals surface area (Å²) in [4.78, 5) is 4.58. The molecule has 1 aliphatic heterocycles. The van der Waals surface area contributed by atoms with Gasteiger partial charge in [-0.2, -0.15) is 4.84 Å². The fourth-order valence-corrected chi connectivity index (χ4v) is 0.279. The SMILES string of the molecule is CC1=CC=[N+]O1. The van der Waals surface area contributed by atoms with E-state index < -0.39 is 0 Å². The second kappa shape index (κ2) is 1.12. The maximum Gasteiger partial charge on any atom is 0.306 e. The van der Waals surface area contributed by atoms with Crippen LogP contribution in [0.2, 0.25) is 0 Å². The summed E-state index contributed by atoms with van der Waals surface area (Å²) in [6.45, 7) is 1.85. The zero-order valence-corrected chi connectivity index (χ0v) is 3.51. The Labute approximate surface area is 36.1 Å². The zero-order chi connectivity index (χ0) is 4.41. The van der Waals surface area contributed by atoms with E-state index in [1.54, 1.807) is 12.3 Å². The van der Waals surface area contributed by atoms with E-state index in [0.717, 1.165) is 5.76 Å². The summed E-state index contributed by atoms with van der Waals surface area (Å²) >= 11 is 0. The van der Waals surface area contributed by atoms with Gasteiger partial charge in [-0.3, -0.25) is 0 Å². The molecule has 0 aromatic rings. The topological polar surface area (TPSA) is 23.3 Å². The molecule has 0 unspecified atom stereocenters. The monoisotopic (exact) mass is 83.0 g/mol. The van der Waals surface area contributed by atoms with Gasteiger partial charge in [0.2, 0.25) is 0 Å². The first-order chi connectivity index (χ1) is 2.89. The van der Waals surface area contributed by atoms with E-state index in [4.69, 9.17) is 0 Å². The number of allylic oxidation sites excluding steroid dienone is 2. The molecule has 1 aliphatic rings. The predicted octanol–water partition coefficient (Wildman–Crippen LogP) is 0.242. The average Bonchev–Trinajstić information content (AvgIpc) is 1.86. The predicted molar refractivity (Wildman–Crippen MR) is 23.0 cm³/mol. The number of nitrogens with zero attached hydrogens (tertiary/aromatic N) is 1. The van der Waals surface area contributed by atoms with Crippen LogP contribution in [0.4, 0.5) is 0 Å². The van der Waals surface area contributed by atoms with Gasteiger partial charge in [-0.25, -0.2) is 0 Å². The van der Waals surface area contributed by atoms with Crippen LogP contribution in [0.5, 0.6) is 0 Å². The number of hydrogen-bond acceptors (Lipinski definition) is 2. The minimum atomic E-state index is 0.856. The molecule has 31 valence electrons. The number of oxime groups is 1. The molecule has 0 spiro atoms. The Morgan fingerprint density at radius 2 is 2.67 bits per heavy atom. The van der Waals surface area contributed by atoms with E-state index in [1.165, 1.54) is 0 Å². The number of hydrogen-bond donors (Lipinski definition) is 0. The minimum Gasteiger partial charge on any atom is -0.176 e. The highest BCUT2D eigenvalue weighted by molar-refractivity contribution is 5.71. The molecule has 6 heavy (non-hydrogen) atoms. The summed E-state index contributed by atoms with van der Waals surface area (Å²) in [5.41, 5.74) is 0. The third kappa shape index (κ3) is 0.407. The summed E-state index contributed by atoms with van der Waals surface area (Å²) in [7, 11) is 0. The molecule has 2 heteroatoms. The van der Waals surface area contributed by atoms with Gasteiger partial charge in [-0.05, 0) is 0 Å². The molecule has 0 saturated heterocycles. The average molecular weight is 83.1 g/mol. The summed E-state index contributed by atoms with van der Waals surface area (Å²) < 4.78 is 0. The lowest BCUT2D eigenvalue weighted by molar-refractivity contribution is 0.188. The maximum atomic E-state index is 4.58. The van der Waals surface area contributed by atoms with Crippen LogP contribution >= 0.6 is 0 Å². The van der Waals surface area contributed by atoms with Crippen LogP contribution in [-0.2, 0) is 4.84 Å². The van der Waals surface area contributed by atoms with E-state index in [-0.39, 0.29) is 0 Å². The van der Waals surface area contributed by atoms with E-state index in [9.17, 15) is 0 Å². The Balaban J connectivity index is 2.61. The Bertz CT molecular complexity index is 104. The fourth-order valence-electron chi connectivity index (χ4n) is 0.279. The molecule has 0 saturated carbocycles. The van der Waals surface area contributed by atoms with Crippen molar-refractivity contribution in [3.63, 3.8) is 0 Å². The van der Waals surface area contributed by atoms with Crippen molar-refractivity contribution in [2.45, 2.75) is 6.92 Å². The molecular weight excluding hydrogens is 78.0 g/mol. The number of rotatable bonds is 0. The first kappa shape index (κ1) is 3.40. The van der Waals surface area contributed by atoms with Crippen LogP contribution in [0.3, 0.4) is 0 Å². The van der Waals surface area contributed by atoms with Crippen LogP contribution in [0.25, 0.3) is 0 Å². The largest absolute Gasteiger partial charge is 0.306 e. The van der Waals surface area contributed by atoms with Crippen LogP contribution in [0.15, 0.2) is 11.8 Å². The third-order valence-electron chi connectivity index (χ3n) is 0.567. The van der Waals surface area contributed by atoms with Gasteiger partial charge >= 0.3 is 6.21 Å². The molecular formula is C4H5NO+. The first-order valence-electron chi connectivity index (χ1n) is 1.77. The van der Waals surface area contributed by atoms with Crippen molar-refractivity contribution >= 4 is 6.21 Å². The molecule has 2 nitrogen and oxygen atoms in total. The standard InChI is InChI=1S/C4H5NO/c1-4-2-3-5-6-4/h2-3H,1H3/q+1. The second-order valence-corrected chi connectivity index (χ2v) is 1.12. The summed E-state index contributed by atoms with van der Waals surface area (Å²) in [6.07, 6.45) is 3.43.